The fraction of sp³-hybridized carbons (Fsp3) is 1.00. The van der Waals surface area contributed by atoms with E-state index >= 15 is 0 Å². The number of hydrogen-bond acceptors (Lipinski definition) is 4. The van der Waals surface area contributed by atoms with Crippen molar-refractivity contribution in [1.29, 1.82) is 0 Å². The Bertz CT molecular complexity index is 305. The van der Waals surface area contributed by atoms with Crippen LogP contribution >= 0.6 is 0 Å². The minimum atomic E-state index is -3.17. The Labute approximate surface area is 98.2 Å². The zero-order valence-corrected chi connectivity index (χ0v) is 11.1. The predicted molar refractivity (Wildman–Crippen MR) is 63.9 cm³/mol. The zero-order valence-electron chi connectivity index (χ0n) is 10.3. The Morgan fingerprint density at radius 2 is 2.25 bits per heavy atom. The third kappa shape index (κ3) is 3.16. The van der Waals surface area contributed by atoms with Crippen molar-refractivity contribution in [1.82, 2.24) is 9.62 Å². The topological polar surface area (TPSA) is 58.6 Å². The molecule has 1 rings (SSSR count). The van der Waals surface area contributed by atoms with Crippen molar-refractivity contribution in [3.8, 4) is 0 Å². The molecule has 0 aromatic carbocycles. The molecule has 96 valence electrons. The molecule has 1 fully saturated rings. The molecule has 16 heavy (non-hydrogen) atoms. The summed E-state index contributed by atoms with van der Waals surface area (Å²) in [5, 5.41) is 2.64. The molecule has 0 spiro atoms. The lowest BCUT2D eigenvalue weighted by Gasteiger charge is -2.21. The Balaban J connectivity index is 2.58. The largest absolute Gasteiger partial charge is 0.383 e. The molecule has 2 unspecified atom stereocenters. The van der Waals surface area contributed by atoms with Gasteiger partial charge in [0.2, 0.25) is 10.0 Å². The smallest absolute Gasteiger partial charge is 0.218 e. The van der Waals surface area contributed by atoms with Crippen molar-refractivity contribution < 1.29 is 13.2 Å². The maximum Gasteiger partial charge on any atom is 0.218 e. The molecular formula is C10H22N2O3S. The van der Waals surface area contributed by atoms with Gasteiger partial charge in [0.25, 0.3) is 0 Å². The van der Waals surface area contributed by atoms with E-state index in [2.05, 4.69) is 5.32 Å². The van der Waals surface area contributed by atoms with Gasteiger partial charge in [-0.1, -0.05) is 0 Å². The van der Waals surface area contributed by atoms with E-state index in [0.717, 1.165) is 13.0 Å². The lowest BCUT2D eigenvalue weighted by atomic mass is 10.1. The molecule has 0 aromatic heterocycles. The maximum atomic E-state index is 12.1. The van der Waals surface area contributed by atoms with Gasteiger partial charge in [-0.05, 0) is 32.9 Å². The van der Waals surface area contributed by atoms with E-state index in [1.54, 1.807) is 11.2 Å². The molecule has 1 aliphatic heterocycles. The summed E-state index contributed by atoms with van der Waals surface area (Å²) in [5.41, 5.74) is 0. The quantitative estimate of drug-likeness (QED) is 0.715. The molecule has 6 heteroatoms. The molecule has 1 heterocycles. The van der Waals surface area contributed by atoms with Crippen molar-refractivity contribution in [3.05, 3.63) is 0 Å². The third-order valence-corrected chi connectivity index (χ3v) is 5.22. The van der Waals surface area contributed by atoms with E-state index in [9.17, 15) is 8.42 Å². The Kier molecular flexibility index (Phi) is 5.17. The maximum absolute atomic E-state index is 12.1. The summed E-state index contributed by atoms with van der Waals surface area (Å²) in [6.07, 6.45) is 0.944. The standard InChI is InChI=1S/C10H22N2O3S/c1-9(8-15-3)16(13,14)12-5-4-10(7-12)6-11-2/h9-11H,4-8H2,1-3H3. The Morgan fingerprint density at radius 1 is 1.56 bits per heavy atom. The first-order valence-corrected chi connectivity index (χ1v) is 7.15. The lowest BCUT2D eigenvalue weighted by molar-refractivity contribution is 0.198. The monoisotopic (exact) mass is 250 g/mol. The minimum Gasteiger partial charge on any atom is -0.383 e. The number of ether oxygens (including phenoxy) is 1. The number of sulfonamides is 1. The molecule has 0 amide bonds. The van der Waals surface area contributed by atoms with Gasteiger partial charge in [-0.3, -0.25) is 0 Å². The number of rotatable bonds is 6. The molecule has 0 aliphatic carbocycles. The van der Waals surface area contributed by atoms with Crippen LogP contribution in [0.4, 0.5) is 0 Å². The van der Waals surface area contributed by atoms with Crippen LogP contribution in [0.25, 0.3) is 0 Å². The predicted octanol–water partition coefficient (Wildman–Crippen LogP) is -0.108. The van der Waals surface area contributed by atoms with Crippen molar-refractivity contribution >= 4 is 10.0 Å². The van der Waals surface area contributed by atoms with Crippen molar-refractivity contribution in [3.63, 3.8) is 0 Å². The van der Waals surface area contributed by atoms with Crippen LogP contribution in [0, 0.1) is 5.92 Å². The highest BCUT2D eigenvalue weighted by atomic mass is 32.2. The van der Waals surface area contributed by atoms with Crippen LogP contribution in [0.3, 0.4) is 0 Å². The van der Waals surface area contributed by atoms with Crippen LogP contribution in [-0.4, -0.2) is 58.4 Å². The van der Waals surface area contributed by atoms with Gasteiger partial charge in [0.1, 0.15) is 0 Å². The summed E-state index contributed by atoms with van der Waals surface area (Å²) in [5.74, 6) is 0.439. The van der Waals surface area contributed by atoms with E-state index in [1.165, 1.54) is 7.11 Å². The highest BCUT2D eigenvalue weighted by molar-refractivity contribution is 7.89. The van der Waals surface area contributed by atoms with Crippen LogP contribution in [0.15, 0.2) is 0 Å². The first-order valence-electron chi connectivity index (χ1n) is 5.64. The van der Waals surface area contributed by atoms with Gasteiger partial charge >= 0.3 is 0 Å². The van der Waals surface area contributed by atoms with Gasteiger partial charge in [-0.25, -0.2) is 12.7 Å². The number of methoxy groups -OCH3 is 1. The summed E-state index contributed by atoms with van der Waals surface area (Å²) >= 11 is 0. The van der Waals surface area contributed by atoms with E-state index in [0.29, 0.717) is 19.0 Å². The van der Waals surface area contributed by atoms with Crippen LogP contribution < -0.4 is 5.32 Å². The van der Waals surface area contributed by atoms with Crippen LogP contribution in [0.5, 0.6) is 0 Å². The van der Waals surface area contributed by atoms with Crippen LogP contribution in [0.1, 0.15) is 13.3 Å². The van der Waals surface area contributed by atoms with Gasteiger partial charge in [-0.15, -0.1) is 0 Å². The van der Waals surface area contributed by atoms with Gasteiger partial charge in [-0.2, -0.15) is 0 Å². The van der Waals surface area contributed by atoms with E-state index in [4.69, 9.17) is 4.74 Å². The second-order valence-electron chi connectivity index (χ2n) is 4.38. The molecule has 0 saturated carbocycles. The third-order valence-electron chi connectivity index (χ3n) is 3.01. The van der Waals surface area contributed by atoms with E-state index in [1.807, 2.05) is 7.05 Å². The Morgan fingerprint density at radius 3 is 2.81 bits per heavy atom. The highest BCUT2D eigenvalue weighted by Gasteiger charge is 2.34. The zero-order chi connectivity index (χ0) is 12.2. The lowest BCUT2D eigenvalue weighted by Crippen LogP contribution is -2.38. The van der Waals surface area contributed by atoms with Gasteiger partial charge in [0.15, 0.2) is 0 Å². The van der Waals surface area contributed by atoms with Crippen LogP contribution in [0.2, 0.25) is 0 Å². The second kappa shape index (κ2) is 5.95. The molecule has 1 saturated heterocycles. The van der Waals surface area contributed by atoms with Crippen molar-refractivity contribution in [2.45, 2.75) is 18.6 Å². The molecule has 5 nitrogen and oxygen atoms in total. The SMILES string of the molecule is CNCC1CCN(S(=O)(=O)C(C)COC)C1. The average Bonchev–Trinajstić information content (AvgIpc) is 2.68. The molecule has 1 aliphatic rings. The molecule has 0 radical (unpaired) electrons. The highest BCUT2D eigenvalue weighted by Crippen LogP contribution is 2.21. The van der Waals surface area contributed by atoms with Gasteiger partial charge in [0.05, 0.1) is 11.9 Å². The van der Waals surface area contributed by atoms with E-state index < -0.39 is 15.3 Å². The average molecular weight is 250 g/mol. The first-order chi connectivity index (χ1) is 7.52. The summed E-state index contributed by atoms with van der Waals surface area (Å²) in [6, 6.07) is 0. The van der Waals surface area contributed by atoms with Crippen LogP contribution in [-0.2, 0) is 14.8 Å². The number of hydrogen-bond donors (Lipinski definition) is 1. The van der Waals surface area contributed by atoms with Crippen molar-refractivity contribution in [2.24, 2.45) is 5.92 Å². The minimum absolute atomic E-state index is 0.259. The summed E-state index contributed by atoms with van der Waals surface area (Å²) in [7, 11) is 0.250. The second-order valence-corrected chi connectivity index (χ2v) is 6.73. The molecule has 0 bridgehead atoms. The summed E-state index contributed by atoms with van der Waals surface area (Å²) in [6.45, 7) is 4.12. The van der Waals surface area contributed by atoms with Gasteiger partial charge < -0.3 is 10.1 Å². The van der Waals surface area contributed by atoms with Crippen molar-refractivity contribution in [2.75, 3.05) is 40.4 Å². The molecule has 1 N–H and O–H groups in total. The summed E-state index contributed by atoms with van der Waals surface area (Å²) in [4.78, 5) is 0. The number of nitrogens with zero attached hydrogens (tertiary/aromatic N) is 1. The Hall–Kier alpha value is -0.170. The molecule has 2 atom stereocenters. The fourth-order valence-corrected chi connectivity index (χ4v) is 3.65. The van der Waals surface area contributed by atoms with E-state index in [-0.39, 0.29) is 6.61 Å². The molecular weight excluding hydrogens is 228 g/mol. The van der Waals surface area contributed by atoms with Gasteiger partial charge in [0, 0.05) is 20.2 Å². The normalized spacial score (nSPS) is 24.8. The number of nitrogens with one attached hydrogen (secondary N) is 1. The fourth-order valence-electron chi connectivity index (χ4n) is 2.06. The summed E-state index contributed by atoms with van der Waals surface area (Å²) < 4.78 is 30.7. The first kappa shape index (κ1) is 13.9. The molecule has 0 aromatic rings.